The summed E-state index contributed by atoms with van der Waals surface area (Å²) < 4.78 is 4.82. The maximum absolute atomic E-state index is 12.1. The summed E-state index contributed by atoms with van der Waals surface area (Å²) >= 11 is 5.90. The number of benzene rings is 1. The van der Waals surface area contributed by atoms with Crippen LogP contribution < -0.4 is 15.7 Å². The number of carboxylic acid groups (broad SMARTS) is 1. The molecule has 0 aliphatic heterocycles. The van der Waals surface area contributed by atoms with Gasteiger partial charge in [-0.2, -0.15) is 0 Å². The first-order valence-corrected chi connectivity index (χ1v) is 6.34. The van der Waals surface area contributed by atoms with Gasteiger partial charge >= 0.3 is 0 Å². The molecule has 2 amide bonds. The summed E-state index contributed by atoms with van der Waals surface area (Å²) in [5.74, 6) is -0.583. The Morgan fingerprint density at radius 3 is 2.81 bits per heavy atom. The molecule has 1 aromatic heterocycles. The van der Waals surface area contributed by atoms with E-state index in [-0.39, 0.29) is 5.69 Å². The molecular weight excluding hydrogens is 298 g/mol. The molecule has 2 rings (SSSR count). The van der Waals surface area contributed by atoms with E-state index in [0.717, 1.165) is 0 Å². The Morgan fingerprint density at radius 2 is 2.14 bits per heavy atom. The maximum atomic E-state index is 12.1. The van der Waals surface area contributed by atoms with Crippen molar-refractivity contribution in [2.24, 2.45) is 0 Å². The largest absolute Gasteiger partial charge is 0.530 e. The van der Waals surface area contributed by atoms with E-state index >= 15 is 0 Å². The van der Waals surface area contributed by atoms with Crippen molar-refractivity contribution in [2.45, 2.75) is 13.1 Å². The highest BCUT2D eigenvalue weighted by Crippen LogP contribution is 2.25. The van der Waals surface area contributed by atoms with Crippen molar-refractivity contribution in [1.82, 2.24) is 15.8 Å². The SMILES string of the molecule is CC(NC(=O)[O-])NC(=O)c1nocc1-c1cccc(Cl)c1. The highest BCUT2D eigenvalue weighted by molar-refractivity contribution is 6.30. The Kier molecular flexibility index (Phi) is 4.44. The zero-order chi connectivity index (χ0) is 15.4. The quantitative estimate of drug-likeness (QED) is 0.819. The zero-order valence-corrected chi connectivity index (χ0v) is 11.7. The minimum Gasteiger partial charge on any atom is -0.530 e. The average molecular weight is 309 g/mol. The van der Waals surface area contributed by atoms with Crippen LogP contribution in [-0.4, -0.2) is 23.3 Å². The van der Waals surface area contributed by atoms with Gasteiger partial charge in [-0.05, 0) is 24.6 Å². The molecule has 8 heteroatoms. The van der Waals surface area contributed by atoms with Crippen LogP contribution >= 0.6 is 11.6 Å². The molecule has 2 N–H and O–H groups in total. The van der Waals surface area contributed by atoms with Crippen LogP contribution in [0.3, 0.4) is 0 Å². The Labute approximate surface area is 124 Å². The summed E-state index contributed by atoms with van der Waals surface area (Å²) in [6.07, 6.45) is -0.998. The molecule has 0 fully saturated rings. The van der Waals surface area contributed by atoms with Gasteiger partial charge in [0.2, 0.25) is 0 Å². The van der Waals surface area contributed by atoms with E-state index in [1.165, 1.54) is 13.2 Å². The number of halogens is 1. The van der Waals surface area contributed by atoms with Crippen LogP contribution in [0, 0.1) is 0 Å². The minimum atomic E-state index is -1.49. The summed E-state index contributed by atoms with van der Waals surface area (Å²) in [5.41, 5.74) is 1.15. The smallest absolute Gasteiger partial charge is 0.275 e. The van der Waals surface area contributed by atoms with E-state index < -0.39 is 18.2 Å². The maximum Gasteiger partial charge on any atom is 0.275 e. The van der Waals surface area contributed by atoms with Gasteiger partial charge in [-0.3, -0.25) is 4.79 Å². The van der Waals surface area contributed by atoms with Gasteiger partial charge in [0.1, 0.15) is 12.4 Å². The average Bonchev–Trinajstić information content (AvgIpc) is 2.86. The Bertz CT molecular complexity index is 671. The second-order valence-corrected chi connectivity index (χ2v) is 4.65. The summed E-state index contributed by atoms with van der Waals surface area (Å²) in [7, 11) is 0. The van der Waals surface area contributed by atoms with Gasteiger partial charge in [-0.15, -0.1) is 0 Å². The number of amides is 2. The number of hydrogen-bond donors (Lipinski definition) is 2. The second kappa shape index (κ2) is 6.27. The van der Waals surface area contributed by atoms with E-state index in [0.29, 0.717) is 16.1 Å². The molecule has 0 saturated heterocycles. The molecule has 1 heterocycles. The number of nitrogens with zero attached hydrogens (tertiary/aromatic N) is 1. The van der Waals surface area contributed by atoms with Crippen molar-refractivity contribution in [1.29, 1.82) is 0 Å². The third kappa shape index (κ3) is 3.73. The molecule has 0 spiro atoms. The Morgan fingerprint density at radius 1 is 1.38 bits per heavy atom. The minimum absolute atomic E-state index is 0.0317. The van der Waals surface area contributed by atoms with Crippen LogP contribution in [0.4, 0.5) is 4.79 Å². The summed E-state index contributed by atoms with van der Waals surface area (Å²) in [6, 6.07) is 6.84. The van der Waals surface area contributed by atoms with Crippen molar-refractivity contribution in [3.8, 4) is 11.1 Å². The molecule has 0 aliphatic rings. The first-order chi connectivity index (χ1) is 9.97. The van der Waals surface area contributed by atoms with Crippen LogP contribution in [0.1, 0.15) is 17.4 Å². The number of carbonyl (C=O) groups excluding carboxylic acids is 2. The topological polar surface area (TPSA) is 107 Å². The molecule has 1 unspecified atom stereocenters. The molecule has 21 heavy (non-hydrogen) atoms. The predicted octanol–water partition coefficient (Wildman–Crippen LogP) is 1.00. The zero-order valence-electron chi connectivity index (χ0n) is 10.9. The fraction of sp³-hybridized carbons (Fsp3) is 0.154. The van der Waals surface area contributed by atoms with Gasteiger partial charge in [0.05, 0.1) is 11.7 Å². The molecule has 0 radical (unpaired) electrons. The first kappa shape index (κ1) is 14.9. The molecule has 110 valence electrons. The van der Waals surface area contributed by atoms with Crippen molar-refractivity contribution < 1.29 is 19.2 Å². The summed E-state index contributed by atoms with van der Waals surface area (Å²) in [5, 5.41) is 18.9. The normalized spacial score (nSPS) is 11.7. The van der Waals surface area contributed by atoms with E-state index in [4.69, 9.17) is 16.1 Å². The van der Waals surface area contributed by atoms with Crippen LogP contribution in [0.5, 0.6) is 0 Å². The van der Waals surface area contributed by atoms with Gasteiger partial charge in [0.15, 0.2) is 5.69 Å². The highest BCUT2D eigenvalue weighted by Gasteiger charge is 2.19. The summed E-state index contributed by atoms with van der Waals surface area (Å²) in [6.45, 7) is 1.45. The lowest BCUT2D eigenvalue weighted by Gasteiger charge is -2.16. The Hall–Kier alpha value is -2.54. The van der Waals surface area contributed by atoms with E-state index in [1.807, 2.05) is 5.32 Å². The molecular formula is C13H11ClN3O4-. The van der Waals surface area contributed by atoms with Crippen LogP contribution in [-0.2, 0) is 0 Å². The number of rotatable bonds is 4. The van der Waals surface area contributed by atoms with Crippen molar-refractivity contribution in [3.63, 3.8) is 0 Å². The van der Waals surface area contributed by atoms with E-state index in [1.54, 1.807) is 24.3 Å². The van der Waals surface area contributed by atoms with Gasteiger partial charge < -0.3 is 25.1 Å². The van der Waals surface area contributed by atoms with Gasteiger partial charge in [0, 0.05) is 5.02 Å². The van der Waals surface area contributed by atoms with Crippen LogP contribution in [0.2, 0.25) is 5.02 Å². The number of carbonyl (C=O) groups is 2. The second-order valence-electron chi connectivity index (χ2n) is 4.21. The lowest BCUT2D eigenvalue weighted by atomic mass is 10.1. The molecule has 7 nitrogen and oxygen atoms in total. The van der Waals surface area contributed by atoms with E-state index in [9.17, 15) is 14.7 Å². The molecule has 1 aromatic carbocycles. The van der Waals surface area contributed by atoms with Crippen molar-refractivity contribution >= 4 is 23.6 Å². The number of aromatic nitrogens is 1. The van der Waals surface area contributed by atoms with Crippen LogP contribution in [0.15, 0.2) is 35.1 Å². The summed E-state index contributed by atoms with van der Waals surface area (Å²) in [4.78, 5) is 22.4. The van der Waals surface area contributed by atoms with Gasteiger partial charge in [-0.25, -0.2) is 0 Å². The number of nitrogens with one attached hydrogen (secondary N) is 2. The lowest BCUT2D eigenvalue weighted by Crippen LogP contribution is -2.50. The fourth-order valence-electron chi connectivity index (χ4n) is 1.74. The van der Waals surface area contributed by atoms with Gasteiger partial charge in [0.25, 0.3) is 5.91 Å². The van der Waals surface area contributed by atoms with Crippen LogP contribution in [0.25, 0.3) is 11.1 Å². The lowest BCUT2D eigenvalue weighted by molar-refractivity contribution is -0.251. The van der Waals surface area contributed by atoms with Crippen molar-refractivity contribution in [3.05, 3.63) is 41.2 Å². The molecule has 0 bridgehead atoms. The van der Waals surface area contributed by atoms with Gasteiger partial charge in [-0.1, -0.05) is 28.9 Å². The molecule has 1 atom stereocenters. The standard InChI is InChI=1S/C13H12ClN3O4/c1-7(16-13(19)20)15-12(18)11-10(6-21-17-11)8-3-2-4-9(14)5-8/h2-7,16H,1H3,(H,15,18)(H,19,20)/p-1. The fourth-order valence-corrected chi connectivity index (χ4v) is 1.93. The number of hydrogen-bond acceptors (Lipinski definition) is 5. The third-order valence-corrected chi connectivity index (χ3v) is 2.84. The Balaban J connectivity index is 2.20. The predicted molar refractivity (Wildman–Crippen MR) is 72.4 cm³/mol. The third-order valence-electron chi connectivity index (χ3n) is 2.60. The highest BCUT2D eigenvalue weighted by atomic mass is 35.5. The molecule has 0 aliphatic carbocycles. The first-order valence-electron chi connectivity index (χ1n) is 5.96. The molecule has 0 saturated carbocycles. The van der Waals surface area contributed by atoms with Crippen molar-refractivity contribution in [2.75, 3.05) is 0 Å². The van der Waals surface area contributed by atoms with E-state index in [2.05, 4.69) is 10.5 Å². The molecule has 2 aromatic rings. The monoisotopic (exact) mass is 308 g/mol.